The first-order valence-corrected chi connectivity index (χ1v) is 4.28. The van der Waals surface area contributed by atoms with Gasteiger partial charge in [-0.15, -0.1) is 0 Å². The highest BCUT2D eigenvalue weighted by molar-refractivity contribution is 8.13. The lowest BCUT2D eigenvalue weighted by atomic mass is 10.4. The molecule has 0 aliphatic carbocycles. The molecule has 1 rings (SSSR count). The van der Waals surface area contributed by atoms with Crippen LogP contribution in [-0.2, 0) is 4.79 Å². The van der Waals surface area contributed by atoms with Crippen molar-refractivity contribution in [3.8, 4) is 0 Å². The van der Waals surface area contributed by atoms with Crippen LogP contribution in [0.25, 0.3) is 0 Å². The van der Waals surface area contributed by atoms with Crippen molar-refractivity contribution >= 4 is 16.9 Å². The Labute approximate surface area is 70.0 Å². The maximum Gasteiger partial charge on any atom is 0.186 e. The van der Waals surface area contributed by atoms with E-state index in [0.29, 0.717) is 0 Å². The Morgan fingerprint density at radius 1 is 1.73 bits per heavy atom. The van der Waals surface area contributed by atoms with Crippen LogP contribution in [0, 0.1) is 0 Å². The topological polar surface area (TPSA) is 30.2 Å². The van der Waals surface area contributed by atoms with Crippen molar-refractivity contribution in [2.24, 2.45) is 0 Å². The van der Waals surface area contributed by atoms with E-state index < -0.39 is 0 Å². The summed E-state index contributed by atoms with van der Waals surface area (Å²) in [5.41, 5.74) is 0. The highest BCUT2D eigenvalue weighted by Gasteiger charge is 2.10. The molecule has 3 heteroatoms. The SMILES string of the molecule is CC(=O)SC(C)c1ccco1. The molecule has 0 spiro atoms. The molecule has 0 saturated carbocycles. The predicted molar refractivity (Wildman–Crippen MR) is 45.4 cm³/mol. The molecular formula is C8H10O2S. The fraction of sp³-hybridized carbons (Fsp3) is 0.375. The molecule has 0 N–H and O–H groups in total. The van der Waals surface area contributed by atoms with Crippen LogP contribution in [0.5, 0.6) is 0 Å². The zero-order valence-electron chi connectivity index (χ0n) is 6.53. The van der Waals surface area contributed by atoms with Crippen molar-refractivity contribution in [3.63, 3.8) is 0 Å². The molecule has 0 aliphatic rings. The summed E-state index contributed by atoms with van der Waals surface area (Å²) >= 11 is 1.28. The molecule has 1 heterocycles. The minimum absolute atomic E-state index is 0.119. The summed E-state index contributed by atoms with van der Waals surface area (Å²) in [7, 11) is 0. The van der Waals surface area contributed by atoms with E-state index in [2.05, 4.69) is 0 Å². The summed E-state index contributed by atoms with van der Waals surface area (Å²) in [5.74, 6) is 0.852. The molecule has 60 valence electrons. The molecule has 11 heavy (non-hydrogen) atoms. The Bertz CT molecular complexity index is 228. The van der Waals surface area contributed by atoms with E-state index in [1.165, 1.54) is 11.8 Å². The first-order chi connectivity index (χ1) is 5.20. The van der Waals surface area contributed by atoms with E-state index in [9.17, 15) is 4.79 Å². The van der Waals surface area contributed by atoms with Gasteiger partial charge in [0.1, 0.15) is 5.76 Å². The quantitative estimate of drug-likeness (QED) is 0.683. The molecule has 0 aliphatic heterocycles. The third kappa shape index (κ3) is 2.42. The second-order valence-electron chi connectivity index (χ2n) is 2.27. The van der Waals surface area contributed by atoms with Crippen molar-refractivity contribution in [2.75, 3.05) is 0 Å². The summed E-state index contributed by atoms with van der Waals surface area (Å²) in [5, 5.41) is 0.247. The lowest BCUT2D eigenvalue weighted by Gasteiger charge is -2.03. The fourth-order valence-corrected chi connectivity index (χ4v) is 1.58. The Morgan fingerprint density at radius 2 is 2.45 bits per heavy atom. The molecule has 1 unspecified atom stereocenters. The van der Waals surface area contributed by atoms with Crippen LogP contribution in [0.4, 0.5) is 0 Å². The van der Waals surface area contributed by atoms with Crippen LogP contribution in [0.1, 0.15) is 24.9 Å². The van der Waals surface area contributed by atoms with E-state index in [0.717, 1.165) is 5.76 Å². The predicted octanol–water partition coefficient (Wildman–Crippen LogP) is 2.62. The largest absolute Gasteiger partial charge is 0.468 e. The smallest absolute Gasteiger partial charge is 0.186 e. The van der Waals surface area contributed by atoms with Crippen LogP contribution in [0.15, 0.2) is 22.8 Å². The minimum Gasteiger partial charge on any atom is -0.468 e. The molecule has 0 bridgehead atoms. The van der Waals surface area contributed by atoms with E-state index in [1.54, 1.807) is 13.2 Å². The molecule has 0 aromatic carbocycles. The van der Waals surface area contributed by atoms with E-state index >= 15 is 0 Å². The van der Waals surface area contributed by atoms with Gasteiger partial charge < -0.3 is 4.42 Å². The Hall–Kier alpha value is -0.700. The van der Waals surface area contributed by atoms with Crippen LogP contribution < -0.4 is 0 Å². The number of furan rings is 1. The number of thioether (sulfide) groups is 1. The number of carbonyl (C=O) groups excluding carboxylic acids is 1. The molecule has 1 aromatic heterocycles. The summed E-state index contributed by atoms with van der Waals surface area (Å²) in [4.78, 5) is 10.7. The fourth-order valence-electron chi connectivity index (χ4n) is 0.830. The second kappa shape index (κ2) is 3.62. The van der Waals surface area contributed by atoms with Crippen molar-refractivity contribution in [2.45, 2.75) is 19.1 Å². The summed E-state index contributed by atoms with van der Waals surface area (Å²) in [6.07, 6.45) is 1.62. The van der Waals surface area contributed by atoms with Crippen LogP contribution in [0.3, 0.4) is 0 Å². The van der Waals surface area contributed by atoms with Gasteiger partial charge in [-0.2, -0.15) is 0 Å². The normalized spacial score (nSPS) is 12.9. The van der Waals surface area contributed by atoms with Gasteiger partial charge in [-0.05, 0) is 19.1 Å². The molecule has 1 atom stereocenters. The van der Waals surface area contributed by atoms with Crippen LogP contribution >= 0.6 is 11.8 Å². The zero-order chi connectivity index (χ0) is 8.27. The average Bonchev–Trinajstić information content (AvgIpc) is 2.35. The molecule has 0 radical (unpaired) electrons. The van der Waals surface area contributed by atoms with Crippen molar-refractivity contribution < 1.29 is 9.21 Å². The number of hydrogen-bond donors (Lipinski definition) is 0. The molecular weight excluding hydrogens is 160 g/mol. The zero-order valence-corrected chi connectivity index (χ0v) is 7.35. The van der Waals surface area contributed by atoms with E-state index in [1.807, 2.05) is 19.1 Å². The first-order valence-electron chi connectivity index (χ1n) is 3.41. The molecule has 1 aromatic rings. The lowest BCUT2D eigenvalue weighted by molar-refractivity contribution is -0.109. The number of carbonyl (C=O) groups is 1. The van der Waals surface area contributed by atoms with Gasteiger partial charge in [0.2, 0.25) is 0 Å². The highest BCUT2D eigenvalue weighted by Crippen LogP contribution is 2.28. The minimum atomic E-state index is 0.119. The van der Waals surface area contributed by atoms with Gasteiger partial charge >= 0.3 is 0 Å². The standard InChI is InChI=1S/C8H10O2S/c1-6(11-7(2)9)8-4-3-5-10-8/h3-6H,1-2H3. The average molecular weight is 170 g/mol. The molecule has 0 fully saturated rings. The third-order valence-electron chi connectivity index (χ3n) is 1.29. The molecule has 0 amide bonds. The van der Waals surface area contributed by atoms with Gasteiger partial charge in [0.05, 0.1) is 11.5 Å². The van der Waals surface area contributed by atoms with Crippen LogP contribution in [0.2, 0.25) is 0 Å². The molecule has 0 saturated heterocycles. The maximum atomic E-state index is 10.7. The Morgan fingerprint density at radius 3 is 2.91 bits per heavy atom. The monoisotopic (exact) mass is 170 g/mol. The second-order valence-corrected chi connectivity index (χ2v) is 3.78. The van der Waals surface area contributed by atoms with Gasteiger partial charge in [-0.25, -0.2) is 0 Å². The first kappa shape index (κ1) is 8.40. The Kier molecular flexibility index (Phi) is 2.76. The Balaban J connectivity index is 2.56. The summed E-state index contributed by atoms with van der Waals surface area (Å²) in [6, 6.07) is 3.70. The lowest BCUT2D eigenvalue weighted by Crippen LogP contribution is -1.89. The van der Waals surface area contributed by atoms with Gasteiger partial charge in [0.15, 0.2) is 5.12 Å². The van der Waals surface area contributed by atoms with Gasteiger partial charge in [-0.3, -0.25) is 4.79 Å². The van der Waals surface area contributed by atoms with Gasteiger partial charge in [-0.1, -0.05) is 11.8 Å². The summed E-state index contributed by atoms with van der Waals surface area (Å²) in [6.45, 7) is 3.51. The van der Waals surface area contributed by atoms with Crippen molar-refractivity contribution in [1.29, 1.82) is 0 Å². The number of hydrogen-bond acceptors (Lipinski definition) is 3. The maximum absolute atomic E-state index is 10.7. The molecule has 2 nitrogen and oxygen atoms in total. The van der Waals surface area contributed by atoms with Gasteiger partial charge in [0, 0.05) is 6.92 Å². The third-order valence-corrected chi connectivity index (χ3v) is 2.20. The van der Waals surface area contributed by atoms with Crippen LogP contribution in [-0.4, -0.2) is 5.12 Å². The summed E-state index contributed by atoms with van der Waals surface area (Å²) < 4.78 is 5.12. The van der Waals surface area contributed by atoms with Crippen molar-refractivity contribution in [3.05, 3.63) is 24.2 Å². The van der Waals surface area contributed by atoms with E-state index in [-0.39, 0.29) is 10.4 Å². The van der Waals surface area contributed by atoms with E-state index in [4.69, 9.17) is 4.42 Å². The van der Waals surface area contributed by atoms with Gasteiger partial charge in [0.25, 0.3) is 0 Å². The highest BCUT2D eigenvalue weighted by atomic mass is 32.2. The number of rotatable bonds is 2. The van der Waals surface area contributed by atoms with Crippen molar-refractivity contribution in [1.82, 2.24) is 0 Å².